The Hall–Kier alpha value is -3.62. The van der Waals surface area contributed by atoms with E-state index in [-0.39, 0.29) is 12.2 Å². The average Bonchev–Trinajstić information content (AvgIpc) is 2.94. The van der Waals surface area contributed by atoms with Crippen molar-refractivity contribution in [1.29, 1.82) is 0 Å². The van der Waals surface area contributed by atoms with Crippen molar-refractivity contribution in [3.05, 3.63) is 90.0 Å². The van der Waals surface area contributed by atoms with Crippen LogP contribution in [0.5, 0.6) is 17.2 Å². The highest BCUT2D eigenvalue weighted by atomic mass is 19.3. The molecular weight excluding hydrogens is 522 g/mol. The number of alkyl halides is 2. The van der Waals surface area contributed by atoms with Crippen molar-refractivity contribution in [1.82, 2.24) is 0 Å². The third-order valence-corrected chi connectivity index (χ3v) is 6.81. The molecule has 3 aromatic carbocycles. The molecule has 208 valence electrons. The summed E-state index contributed by atoms with van der Waals surface area (Å²) in [5, 5.41) is 0. The van der Waals surface area contributed by atoms with E-state index in [1.807, 2.05) is 18.2 Å². The molecule has 0 aromatic heterocycles. The number of halogens is 6. The first-order chi connectivity index (χ1) is 18.6. The predicted octanol–water partition coefficient (Wildman–Crippen LogP) is 8.82. The number of ether oxygens (including phenoxy) is 3. The van der Waals surface area contributed by atoms with Crippen LogP contribution in [0.25, 0.3) is 11.1 Å². The minimum absolute atomic E-state index is 0.0614. The number of hydrogen-bond donors (Lipinski definition) is 0. The van der Waals surface area contributed by atoms with Gasteiger partial charge in [-0.2, -0.15) is 22.0 Å². The zero-order chi connectivity index (χ0) is 28.2. The normalized spacial score (nSPS) is 17.5. The van der Waals surface area contributed by atoms with Crippen LogP contribution in [0.15, 0.2) is 61.2 Å². The zero-order valence-corrected chi connectivity index (χ0v) is 21.3. The van der Waals surface area contributed by atoms with Crippen LogP contribution < -0.4 is 14.2 Å². The molecule has 0 atom stereocenters. The molecule has 1 aliphatic carbocycles. The quantitative estimate of drug-likeness (QED) is 0.187. The topological polar surface area (TPSA) is 27.7 Å². The van der Waals surface area contributed by atoms with Gasteiger partial charge in [-0.1, -0.05) is 30.3 Å². The van der Waals surface area contributed by atoms with Gasteiger partial charge in [0.15, 0.2) is 29.7 Å². The van der Waals surface area contributed by atoms with E-state index >= 15 is 0 Å². The highest BCUT2D eigenvalue weighted by Crippen LogP contribution is 2.38. The summed E-state index contributed by atoms with van der Waals surface area (Å²) in [4.78, 5) is 0. The van der Waals surface area contributed by atoms with E-state index in [1.54, 1.807) is 19.1 Å². The molecule has 0 spiro atoms. The molecule has 0 aliphatic heterocycles. The van der Waals surface area contributed by atoms with Crippen molar-refractivity contribution in [2.45, 2.75) is 44.6 Å². The maximum Gasteiger partial charge on any atom is 0.433 e. The molecule has 39 heavy (non-hydrogen) atoms. The maximum atomic E-state index is 14.9. The van der Waals surface area contributed by atoms with Gasteiger partial charge >= 0.3 is 6.11 Å². The van der Waals surface area contributed by atoms with Crippen molar-refractivity contribution in [2.75, 3.05) is 13.2 Å². The van der Waals surface area contributed by atoms with Crippen LogP contribution in [0, 0.1) is 29.2 Å². The third kappa shape index (κ3) is 6.52. The van der Waals surface area contributed by atoms with Crippen molar-refractivity contribution in [2.24, 2.45) is 5.92 Å². The van der Waals surface area contributed by atoms with E-state index in [0.29, 0.717) is 17.4 Å². The average molecular weight is 551 g/mol. The van der Waals surface area contributed by atoms with Crippen LogP contribution in [0.4, 0.5) is 26.3 Å². The van der Waals surface area contributed by atoms with Gasteiger partial charge in [0, 0.05) is 5.56 Å². The minimum atomic E-state index is -4.19. The van der Waals surface area contributed by atoms with E-state index in [1.165, 1.54) is 0 Å². The van der Waals surface area contributed by atoms with Crippen molar-refractivity contribution >= 4 is 0 Å². The van der Waals surface area contributed by atoms with E-state index < -0.39 is 53.2 Å². The van der Waals surface area contributed by atoms with E-state index in [2.05, 4.69) is 16.1 Å². The lowest BCUT2D eigenvalue weighted by Crippen LogP contribution is -2.33. The minimum Gasteiger partial charge on any atom is -0.491 e. The highest BCUT2D eigenvalue weighted by Gasteiger charge is 2.35. The van der Waals surface area contributed by atoms with Gasteiger partial charge in [0.1, 0.15) is 0 Å². The Bertz CT molecular complexity index is 1300. The molecule has 0 N–H and O–H groups in total. The Morgan fingerprint density at radius 2 is 1.33 bits per heavy atom. The summed E-state index contributed by atoms with van der Waals surface area (Å²) in [6, 6.07) is 11.0. The van der Waals surface area contributed by atoms with E-state index in [4.69, 9.17) is 4.74 Å². The van der Waals surface area contributed by atoms with Crippen LogP contribution in [-0.4, -0.2) is 19.3 Å². The summed E-state index contributed by atoms with van der Waals surface area (Å²) in [6.45, 7) is 3.88. The lowest BCUT2D eigenvalue weighted by Gasteiger charge is -2.27. The second-order valence-corrected chi connectivity index (χ2v) is 9.36. The molecule has 1 saturated carbocycles. The molecule has 1 aliphatic rings. The first-order valence-corrected chi connectivity index (χ1v) is 12.6. The second-order valence-electron chi connectivity index (χ2n) is 9.36. The second kappa shape index (κ2) is 12.1. The molecule has 1 fully saturated rings. The molecule has 9 heteroatoms. The van der Waals surface area contributed by atoms with Gasteiger partial charge in [-0.15, -0.1) is 6.58 Å². The Morgan fingerprint density at radius 1 is 0.769 bits per heavy atom. The standard InChI is InChI=1S/C30H28F6O3/c1-3-18-5-7-19(8-6-18)20-9-11-21(12-10-20)22-13-14-25(29(34)26(22)31)39-30(35,36)17-38-24-16-15-23(37-4-2)27(32)28(24)33/h3,9-16,18-19H,1,4-8,17H2,2H3. The van der Waals surface area contributed by atoms with Crippen LogP contribution in [-0.2, 0) is 0 Å². The molecule has 0 saturated heterocycles. The van der Waals surface area contributed by atoms with Gasteiger partial charge in [-0.05, 0) is 79.8 Å². The largest absolute Gasteiger partial charge is 0.491 e. The summed E-state index contributed by atoms with van der Waals surface area (Å²) in [5.41, 5.74) is 1.36. The predicted molar refractivity (Wildman–Crippen MR) is 135 cm³/mol. The van der Waals surface area contributed by atoms with Gasteiger partial charge in [0.2, 0.25) is 17.5 Å². The molecule has 0 bridgehead atoms. The summed E-state index contributed by atoms with van der Waals surface area (Å²) >= 11 is 0. The lowest BCUT2D eigenvalue weighted by molar-refractivity contribution is -0.197. The summed E-state index contributed by atoms with van der Waals surface area (Å²) in [5.74, 6) is -7.30. The summed E-state index contributed by atoms with van der Waals surface area (Å²) in [7, 11) is 0. The van der Waals surface area contributed by atoms with Crippen molar-refractivity contribution < 1.29 is 40.6 Å². The molecule has 0 heterocycles. The van der Waals surface area contributed by atoms with Crippen molar-refractivity contribution in [3.8, 4) is 28.4 Å². The van der Waals surface area contributed by atoms with Gasteiger partial charge < -0.3 is 14.2 Å². The van der Waals surface area contributed by atoms with Gasteiger partial charge in [0.25, 0.3) is 0 Å². The molecule has 0 unspecified atom stereocenters. The molecular formula is C30H28F6O3. The first-order valence-electron chi connectivity index (χ1n) is 12.6. The number of benzene rings is 3. The third-order valence-electron chi connectivity index (χ3n) is 6.81. The fourth-order valence-electron chi connectivity index (χ4n) is 4.70. The summed E-state index contributed by atoms with van der Waals surface area (Å²) in [6.07, 6.45) is 1.93. The van der Waals surface area contributed by atoms with Crippen LogP contribution in [0.3, 0.4) is 0 Å². The molecule has 0 radical (unpaired) electrons. The molecule has 3 nitrogen and oxygen atoms in total. The fourth-order valence-corrected chi connectivity index (χ4v) is 4.70. The Labute approximate surface area is 223 Å². The molecule has 4 rings (SSSR count). The first kappa shape index (κ1) is 28.4. The Kier molecular flexibility index (Phi) is 8.77. The van der Waals surface area contributed by atoms with E-state index in [0.717, 1.165) is 55.5 Å². The number of allylic oxidation sites excluding steroid dienone is 1. The fraction of sp³-hybridized carbons (Fsp3) is 0.333. The highest BCUT2D eigenvalue weighted by molar-refractivity contribution is 5.65. The van der Waals surface area contributed by atoms with Gasteiger partial charge in [-0.3, -0.25) is 0 Å². The maximum absolute atomic E-state index is 14.9. The monoisotopic (exact) mass is 550 g/mol. The lowest BCUT2D eigenvalue weighted by atomic mass is 9.78. The molecule has 3 aromatic rings. The van der Waals surface area contributed by atoms with E-state index in [9.17, 15) is 26.3 Å². The van der Waals surface area contributed by atoms with Gasteiger partial charge in [-0.25, -0.2) is 4.39 Å². The summed E-state index contributed by atoms with van der Waals surface area (Å²) < 4.78 is 100. The number of rotatable bonds is 10. The molecule has 0 amide bonds. The van der Waals surface area contributed by atoms with Crippen LogP contribution >= 0.6 is 0 Å². The van der Waals surface area contributed by atoms with Crippen molar-refractivity contribution in [3.63, 3.8) is 0 Å². The van der Waals surface area contributed by atoms with Crippen LogP contribution in [0.2, 0.25) is 0 Å². The van der Waals surface area contributed by atoms with Crippen LogP contribution in [0.1, 0.15) is 44.1 Å². The zero-order valence-electron chi connectivity index (χ0n) is 21.3. The Morgan fingerprint density at radius 3 is 1.92 bits per heavy atom. The van der Waals surface area contributed by atoms with Gasteiger partial charge in [0.05, 0.1) is 6.61 Å². The smallest absolute Gasteiger partial charge is 0.433 e. The Balaban J connectivity index is 1.43. The number of hydrogen-bond acceptors (Lipinski definition) is 3. The SMILES string of the molecule is C=CC1CCC(c2ccc(-c3ccc(OC(F)(F)COc4ccc(OCC)c(F)c4F)c(F)c3F)cc2)CC1.